The minimum absolute atomic E-state index is 0.0276. The van der Waals surface area contributed by atoms with Gasteiger partial charge in [-0.1, -0.05) is 30.9 Å². The maximum Gasteiger partial charge on any atom is 0.160 e. The Hall–Kier alpha value is -2.14. The summed E-state index contributed by atoms with van der Waals surface area (Å²) in [6.07, 6.45) is 8.33. The molecule has 4 nitrogen and oxygen atoms in total. The van der Waals surface area contributed by atoms with Gasteiger partial charge in [-0.25, -0.2) is 4.39 Å². The molecule has 0 aliphatic heterocycles. The summed E-state index contributed by atoms with van der Waals surface area (Å²) in [6.45, 7) is 3.46. The molecule has 0 aromatic heterocycles. The summed E-state index contributed by atoms with van der Waals surface area (Å²) < 4.78 is 20.4. The van der Waals surface area contributed by atoms with E-state index in [1.165, 1.54) is 51.5 Å². The number of allylic oxidation sites excluding steroid dienone is 2. The molecule has 0 spiro atoms. The van der Waals surface area contributed by atoms with Crippen molar-refractivity contribution in [2.24, 2.45) is 5.92 Å². The Morgan fingerprint density at radius 1 is 1.43 bits per heavy atom. The molecule has 1 aromatic carbocycles. The van der Waals surface area contributed by atoms with Gasteiger partial charge in [0.15, 0.2) is 5.78 Å². The topological polar surface area (TPSA) is 46.6 Å². The van der Waals surface area contributed by atoms with E-state index in [1.807, 2.05) is 11.9 Å². The van der Waals surface area contributed by atoms with Gasteiger partial charge < -0.3 is 9.64 Å². The van der Waals surface area contributed by atoms with Crippen molar-refractivity contribution in [3.05, 3.63) is 52.1 Å². The van der Waals surface area contributed by atoms with Crippen LogP contribution in [0.15, 0.2) is 30.2 Å². The van der Waals surface area contributed by atoms with E-state index in [-0.39, 0.29) is 33.5 Å². The lowest BCUT2D eigenvalue weighted by atomic mass is 9.81. The second-order valence-corrected chi connectivity index (χ2v) is 7.71. The van der Waals surface area contributed by atoms with E-state index >= 15 is 0 Å². The number of Topliss-reactive ketones (excluding diaryl/α,β-unsaturated/α-hetero) is 1. The molecule has 28 heavy (non-hydrogen) atoms. The molecule has 0 bridgehead atoms. The average Bonchev–Trinajstić information content (AvgIpc) is 2.62. The Labute approximate surface area is 171 Å². The van der Waals surface area contributed by atoms with E-state index in [2.05, 4.69) is 6.92 Å². The lowest BCUT2D eigenvalue weighted by molar-refractivity contribution is -0.104. The van der Waals surface area contributed by atoms with Gasteiger partial charge in [0.25, 0.3) is 0 Å². The third-order valence-corrected chi connectivity index (χ3v) is 5.67. The molecule has 152 valence electrons. The van der Waals surface area contributed by atoms with E-state index in [1.54, 1.807) is 6.20 Å². The van der Waals surface area contributed by atoms with Gasteiger partial charge >= 0.3 is 0 Å². The van der Waals surface area contributed by atoms with Crippen LogP contribution in [0.2, 0.25) is 5.02 Å². The predicted octanol–water partition coefficient (Wildman–Crippen LogP) is 5.26. The first-order valence-corrected chi connectivity index (χ1v) is 9.80. The minimum Gasteiger partial charge on any atom is -0.495 e. The normalized spacial score (nSPS) is 16.4. The minimum atomic E-state index is -0.754. The smallest absolute Gasteiger partial charge is 0.160 e. The van der Waals surface area contributed by atoms with Crippen molar-refractivity contribution in [2.75, 3.05) is 14.2 Å². The molecule has 1 atom stereocenters. The molecule has 1 fully saturated rings. The number of rotatable bonds is 9. The maximum atomic E-state index is 14.9. The highest BCUT2D eigenvalue weighted by atomic mass is 35.5. The number of hydrogen-bond donors (Lipinski definition) is 0. The average molecular weight is 408 g/mol. The SMILES string of the molecule is COC(=C/N(C)[C@@H](C)CC1CCC1)/C(=C\C=O)c1c(C(C)=O)ccc(Cl)c1F. The van der Waals surface area contributed by atoms with Crippen LogP contribution in [0.4, 0.5) is 4.39 Å². The van der Waals surface area contributed by atoms with Crippen molar-refractivity contribution in [1.82, 2.24) is 4.90 Å². The van der Waals surface area contributed by atoms with Crippen molar-refractivity contribution in [1.29, 1.82) is 0 Å². The van der Waals surface area contributed by atoms with Crippen LogP contribution in [0, 0.1) is 11.7 Å². The highest BCUT2D eigenvalue weighted by Gasteiger charge is 2.24. The first kappa shape index (κ1) is 22.2. The fourth-order valence-corrected chi connectivity index (χ4v) is 3.54. The zero-order valence-corrected chi connectivity index (χ0v) is 17.6. The zero-order valence-electron chi connectivity index (χ0n) is 16.8. The van der Waals surface area contributed by atoms with Gasteiger partial charge in [-0.15, -0.1) is 0 Å². The molecule has 0 unspecified atom stereocenters. The Balaban J connectivity index is 2.46. The maximum absolute atomic E-state index is 14.9. The third kappa shape index (κ3) is 5.02. The number of ether oxygens (including phenoxy) is 1. The van der Waals surface area contributed by atoms with E-state index in [4.69, 9.17) is 16.3 Å². The van der Waals surface area contributed by atoms with Gasteiger partial charge in [-0.2, -0.15) is 0 Å². The molecule has 1 aliphatic carbocycles. The standard InChI is InChI=1S/C22H27ClFNO3/c1-14(12-16-6-5-7-16)25(3)13-20(28-4)18(10-11-26)21-17(15(2)27)8-9-19(23)22(21)24/h8-11,13-14,16H,5-7,12H2,1-4H3/b18-10+,20-13+/t14-/m0/s1. The van der Waals surface area contributed by atoms with E-state index in [9.17, 15) is 14.0 Å². The molecule has 1 saturated carbocycles. The Bertz CT molecular complexity index is 799. The number of methoxy groups -OCH3 is 1. The number of ketones is 1. The van der Waals surface area contributed by atoms with Gasteiger partial charge in [0.2, 0.25) is 0 Å². The van der Waals surface area contributed by atoms with Crippen molar-refractivity contribution in [3.8, 4) is 0 Å². The van der Waals surface area contributed by atoms with Gasteiger partial charge in [-0.3, -0.25) is 9.59 Å². The highest BCUT2D eigenvalue weighted by molar-refractivity contribution is 6.31. The molecular weight excluding hydrogens is 381 g/mol. The molecule has 2 rings (SSSR count). The molecule has 0 heterocycles. The lowest BCUT2D eigenvalue weighted by Crippen LogP contribution is -2.29. The van der Waals surface area contributed by atoms with Gasteiger partial charge in [0.1, 0.15) is 17.9 Å². The van der Waals surface area contributed by atoms with Crippen LogP contribution in [-0.2, 0) is 9.53 Å². The molecule has 6 heteroatoms. The van der Waals surface area contributed by atoms with Crippen LogP contribution >= 0.6 is 11.6 Å². The lowest BCUT2D eigenvalue weighted by Gasteiger charge is -2.32. The van der Waals surface area contributed by atoms with Crippen molar-refractivity contribution in [2.45, 2.75) is 45.6 Å². The largest absolute Gasteiger partial charge is 0.495 e. The monoisotopic (exact) mass is 407 g/mol. The highest BCUT2D eigenvalue weighted by Crippen LogP contribution is 2.34. The third-order valence-electron chi connectivity index (χ3n) is 5.38. The van der Waals surface area contributed by atoms with Crippen molar-refractivity contribution in [3.63, 3.8) is 0 Å². The van der Waals surface area contributed by atoms with Crippen LogP contribution in [0.5, 0.6) is 0 Å². The van der Waals surface area contributed by atoms with Crippen molar-refractivity contribution < 1.29 is 18.7 Å². The van der Waals surface area contributed by atoms with Gasteiger partial charge in [0, 0.05) is 36.0 Å². The Morgan fingerprint density at radius 2 is 2.11 bits per heavy atom. The Kier molecular flexibility index (Phi) is 7.81. The fourth-order valence-electron chi connectivity index (χ4n) is 3.39. The molecule has 1 aromatic rings. The number of aldehydes is 1. The molecule has 1 aliphatic rings. The number of benzene rings is 1. The molecule has 0 saturated heterocycles. The van der Waals surface area contributed by atoms with Gasteiger partial charge in [0.05, 0.1) is 12.1 Å². The van der Waals surface area contributed by atoms with Crippen LogP contribution < -0.4 is 0 Å². The first-order valence-electron chi connectivity index (χ1n) is 9.43. The summed E-state index contributed by atoms with van der Waals surface area (Å²) in [6, 6.07) is 3.04. The second kappa shape index (κ2) is 9.87. The number of carbonyl (C=O) groups is 2. The summed E-state index contributed by atoms with van der Waals surface area (Å²) in [5, 5.41) is -0.126. The number of hydrogen-bond acceptors (Lipinski definition) is 4. The predicted molar refractivity (Wildman–Crippen MR) is 110 cm³/mol. The molecular formula is C22H27ClFNO3. The summed E-state index contributed by atoms with van der Waals surface area (Å²) in [5.74, 6) is -0.0599. The van der Waals surface area contributed by atoms with E-state index < -0.39 is 5.82 Å². The zero-order chi connectivity index (χ0) is 20.8. The van der Waals surface area contributed by atoms with Crippen LogP contribution in [0.3, 0.4) is 0 Å². The van der Waals surface area contributed by atoms with E-state index in [0.717, 1.165) is 12.3 Å². The molecule has 0 radical (unpaired) electrons. The van der Waals surface area contributed by atoms with Crippen molar-refractivity contribution >= 4 is 29.2 Å². The molecule has 0 amide bonds. The number of halogens is 2. The fraction of sp³-hybridized carbons (Fsp3) is 0.455. The quantitative estimate of drug-likeness (QED) is 0.184. The number of nitrogens with zero attached hydrogens (tertiary/aromatic N) is 1. The van der Waals surface area contributed by atoms with Crippen LogP contribution in [0.25, 0.3) is 5.57 Å². The first-order chi connectivity index (χ1) is 13.3. The second-order valence-electron chi connectivity index (χ2n) is 7.30. The van der Waals surface area contributed by atoms with Crippen LogP contribution in [-0.4, -0.2) is 37.2 Å². The van der Waals surface area contributed by atoms with Crippen LogP contribution in [0.1, 0.15) is 55.5 Å². The summed E-state index contributed by atoms with van der Waals surface area (Å²) >= 11 is 5.95. The van der Waals surface area contributed by atoms with Gasteiger partial charge in [-0.05, 0) is 44.4 Å². The summed E-state index contributed by atoms with van der Waals surface area (Å²) in [4.78, 5) is 25.3. The van der Waals surface area contributed by atoms with E-state index in [0.29, 0.717) is 12.0 Å². The Morgan fingerprint density at radius 3 is 2.61 bits per heavy atom. The summed E-state index contributed by atoms with van der Waals surface area (Å²) in [5.41, 5.74) is 0.300. The molecule has 0 N–H and O–H groups in total. The number of carbonyl (C=O) groups excluding carboxylic acids is 2. The summed E-state index contributed by atoms with van der Waals surface area (Å²) in [7, 11) is 3.37.